The van der Waals surface area contributed by atoms with Crippen molar-refractivity contribution < 1.29 is 17.6 Å². The van der Waals surface area contributed by atoms with Gasteiger partial charge >= 0.3 is 6.18 Å². The van der Waals surface area contributed by atoms with Crippen molar-refractivity contribution >= 4 is 11.3 Å². The van der Waals surface area contributed by atoms with Crippen LogP contribution in [0, 0.1) is 6.92 Å². The van der Waals surface area contributed by atoms with E-state index in [4.69, 9.17) is 4.42 Å². The lowest BCUT2D eigenvalue weighted by Crippen LogP contribution is -2.31. The van der Waals surface area contributed by atoms with Crippen LogP contribution in [0.1, 0.15) is 35.1 Å². The first kappa shape index (κ1) is 18.4. The van der Waals surface area contributed by atoms with Gasteiger partial charge in [0.1, 0.15) is 11.5 Å². The maximum atomic E-state index is 13.9. The van der Waals surface area contributed by atoms with Crippen molar-refractivity contribution in [2.24, 2.45) is 0 Å². The average molecular weight is 383 g/mol. The molecule has 1 aliphatic heterocycles. The number of alkyl halides is 3. The molecule has 4 rings (SSSR count). The van der Waals surface area contributed by atoms with Crippen molar-refractivity contribution in [1.82, 2.24) is 0 Å². The van der Waals surface area contributed by atoms with Crippen LogP contribution in [0.25, 0.3) is 5.57 Å². The van der Waals surface area contributed by atoms with E-state index < -0.39 is 11.7 Å². The molecule has 0 atom stereocenters. The summed E-state index contributed by atoms with van der Waals surface area (Å²) in [7, 11) is 0. The number of halogens is 3. The van der Waals surface area contributed by atoms with Crippen molar-refractivity contribution in [2.75, 3.05) is 11.4 Å². The molecule has 144 valence electrons. The molecule has 3 aromatic rings. The largest absolute Gasteiger partial charge is 0.464 e. The molecule has 0 aliphatic carbocycles. The molecule has 5 heteroatoms. The molecule has 2 heterocycles. The Kier molecular flexibility index (Phi) is 4.53. The van der Waals surface area contributed by atoms with E-state index in [9.17, 15) is 13.2 Å². The van der Waals surface area contributed by atoms with Gasteiger partial charge in [0.25, 0.3) is 0 Å². The van der Waals surface area contributed by atoms with Crippen LogP contribution in [0.4, 0.5) is 18.9 Å². The Morgan fingerprint density at radius 3 is 2.32 bits per heavy atom. The van der Waals surface area contributed by atoms with Crippen LogP contribution in [-0.2, 0) is 12.7 Å². The number of aryl methyl sites for hydroxylation is 1. The topological polar surface area (TPSA) is 16.4 Å². The molecule has 0 radical (unpaired) electrons. The number of rotatable bonds is 3. The molecule has 0 fully saturated rings. The van der Waals surface area contributed by atoms with Crippen LogP contribution in [-0.4, -0.2) is 6.54 Å². The fraction of sp³-hybridized carbons (Fsp3) is 0.217. The van der Waals surface area contributed by atoms with Gasteiger partial charge in [-0.3, -0.25) is 0 Å². The minimum Gasteiger partial charge on any atom is -0.464 e. The monoisotopic (exact) mass is 383 g/mol. The molecule has 28 heavy (non-hydrogen) atoms. The number of fused-ring (bicyclic) bond motifs is 1. The SMILES string of the molecule is CC1=C(c2ccccc2)c2cccc(C(F)(F)F)c2N(Cc2ccc(C)o2)C1. The molecule has 0 unspecified atom stereocenters. The fourth-order valence-electron chi connectivity index (χ4n) is 3.89. The van der Waals surface area contributed by atoms with Crippen molar-refractivity contribution in [3.63, 3.8) is 0 Å². The van der Waals surface area contributed by atoms with E-state index >= 15 is 0 Å². The third-order valence-electron chi connectivity index (χ3n) is 4.99. The fourth-order valence-corrected chi connectivity index (χ4v) is 3.89. The highest BCUT2D eigenvalue weighted by molar-refractivity contribution is 5.92. The Morgan fingerprint density at radius 1 is 0.929 bits per heavy atom. The second-order valence-corrected chi connectivity index (χ2v) is 7.09. The number of hydrogen-bond donors (Lipinski definition) is 0. The Bertz CT molecular complexity index is 1030. The van der Waals surface area contributed by atoms with E-state index in [0.717, 1.165) is 28.5 Å². The third-order valence-corrected chi connectivity index (χ3v) is 4.99. The smallest absolute Gasteiger partial charge is 0.418 e. The Morgan fingerprint density at radius 2 is 1.68 bits per heavy atom. The Balaban J connectivity index is 1.89. The minimum atomic E-state index is -4.43. The summed E-state index contributed by atoms with van der Waals surface area (Å²) in [6.07, 6.45) is -4.43. The normalized spacial score (nSPS) is 14.4. The first-order chi connectivity index (χ1) is 13.3. The van der Waals surface area contributed by atoms with Gasteiger partial charge in [0.05, 0.1) is 17.8 Å². The van der Waals surface area contributed by atoms with Gasteiger partial charge in [0, 0.05) is 12.1 Å². The maximum Gasteiger partial charge on any atom is 0.418 e. The molecule has 0 saturated carbocycles. The zero-order chi connectivity index (χ0) is 19.9. The zero-order valence-corrected chi connectivity index (χ0v) is 15.7. The van der Waals surface area contributed by atoms with E-state index in [1.54, 1.807) is 11.0 Å². The minimum absolute atomic E-state index is 0.216. The summed E-state index contributed by atoms with van der Waals surface area (Å²) in [5.74, 6) is 1.39. The molecular formula is C23H20F3NO. The number of anilines is 1. The van der Waals surface area contributed by atoms with E-state index in [2.05, 4.69) is 0 Å². The number of hydrogen-bond acceptors (Lipinski definition) is 2. The maximum absolute atomic E-state index is 13.9. The highest BCUT2D eigenvalue weighted by atomic mass is 19.4. The van der Waals surface area contributed by atoms with E-state index in [0.29, 0.717) is 17.9 Å². The summed E-state index contributed by atoms with van der Waals surface area (Å²) in [5.41, 5.74) is 3.03. The molecule has 1 aliphatic rings. The van der Waals surface area contributed by atoms with E-state index in [1.165, 1.54) is 6.07 Å². The Hall–Kier alpha value is -2.95. The van der Waals surface area contributed by atoms with Crippen molar-refractivity contribution in [1.29, 1.82) is 0 Å². The summed E-state index contributed by atoms with van der Waals surface area (Å²) in [6.45, 7) is 4.50. The number of benzene rings is 2. The van der Waals surface area contributed by atoms with Crippen LogP contribution in [0.2, 0.25) is 0 Å². The highest BCUT2D eigenvalue weighted by Crippen LogP contribution is 2.46. The molecule has 0 bridgehead atoms. The quantitative estimate of drug-likeness (QED) is 0.517. The summed E-state index contributed by atoms with van der Waals surface area (Å²) >= 11 is 0. The standard InChI is InChI=1S/C23H20F3NO/c1-15-13-27(14-18-12-11-16(2)28-18)22-19(9-6-10-20(22)23(24,25)26)21(15)17-7-4-3-5-8-17/h3-12H,13-14H2,1-2H3. The predicted molar refractivity (Wildman–Crippen MR) is 104 cm³/mol. The summed E-state index contributed by atoms with van der Waals surface area (Å²) in [6, 6.07) is 17.6. The molecule has 0 spiro atoms. The van der Waals surface area contributed by atoms with Gasteiger partial charge < -0.3 is 9.32 Å². The van der Waals surface area contributed by atoms with Crippen LogP contribution in [0.15, 0.2) is 70.7 Å². The Labute approximate surface area is 161 Å². The molecule has 0 amide bonds. The average Bonchev–Trinajstić information content (AvgIpc) is 3.06. The van der Waals surface area contributed by atoms with Crippen molar-refractivity contribution in [3.05, 3.63) is 94.4 Å². The van der Waals surface area contributed by atoms with Gasteiger partial charge in [0.15, 0.2) is 0 Å². The number of para-hydroxylation sites is 1. The summed E-state index contributed by atoms with van der Waals surface area (Å²) in [4.78, 5) is 1.76. The number of furan rings is 1. The summed E-state index contributed by atoms with van der Waals surface area (Å²) in [5, 5.41) is 0. The van der Waals surface area contributed by atoms with Gasteiger partial charge in [-0.15, -0.1) is 0 Å². The van der Waals surface area contributed by atoms with Gasteiger partial charge in [-0.2, -0.15) is 13.2 Å². The van der Waals surface area contributed by atoms with Gasteiger partial charge in [-0.1, -0.05) is 42.5 Å². The van der Waals surface area contributed by atoms with Crippen LogP contribution < -0.4 is 4.90 Å². The molecule has 0 saturated heterocycles. The lowest BCUT2D eigenvalue weighted by atomic mass is 9.87. The first-order valence-corrected chi connectivity index (χ1v) is 9.10. The molecular weight excluding hydrogens is 363 g/mol. The molecule has 0 N–H and O–H groups in total. The van der Waals surface area contributed by atoms with Crippen molar-refractivity contribution in [3.8, 4) is 0 Å². The second-order valence-electron chi connectivity index (χ2n) is 7.09. The zero-order valence-electron chi connectivity index (χ0n) is 15.7. The van der Waals surface area contributed by atoms with Crippen LogP contribution in [0.3, 0.4) is 0 Å². The molecule has 1 aromatic heterocycles. The number of nitrogens with zero attached hydrogens (tertiary/aromatic N) is 1. The molecule has 2 nitrogen and oxygen atoms in total. The summed E-state index contributed by atoms with van der Waals surface area (Å²) < 4.78 is 47.2. The lowest BCUT2D eigenvalue weighted by molar-refractivity contribution is -0.137. The van der Waals surface area contributed by atoms with Gasteiger partial charge in [-0.25, -0.2) is 0 Å². The van der Waals surface area contributed by atoms with Gasteiger partial charge in [0.2, 0.25) is 0 Å². The van der Waals surface area contributed by atoms with E-state index in [-0.39, 0.29) is 12.2 Å². The lowest BCUT2D eigenvalue weighted by Gasteiger charge is -2.35. The predicted octanol–water partition coefficient (Wildman–Crippen LogP) is 6.45. The van der Waals surface area contributed by atoms with E-state index in [1.807, 2.05) is 56.3 Å². The van der Waals surface area contributed by atoms with Crippen LogP contribution >= 0.6 is 0 Å². The highest BCUT2D eigenvalue weighted by Gasteiger charge is 2.38. The van der Waals surface area contributed by atoms with Gasteiger partial charge in [-0.05, 0) is 48.8 Å². The second kappa shape index (κ2) is 6.89. The third kappa shape index (κ3) is 3.33. The first-order valence-electron chi connectivity index (χ1n) is 9.10. The van der Waals surface area contributed by atoms with Crippen LogP contribution in [0.5, 0.6) is 0 Å². The van der Waals surface area contributed by atoms with Crippen molar-refractivity contribution in [2.45, 2.75) is 26.6 Å². The molecule has 2 aromatic carbocycles.